The molecule has 304 valence electrons. The Morgan fingerprint density at radius 2 is 1.71 bits per heavy atom. The molecule has 0 unspecified atom stereocenters. The van der Waals surface area contributed by atoms with Crippen molar-refractivity contribution >= 4 is 61.3 Å². The Morgan fingerprint density at radius 1 is 1.02 bits per heavy atom. The van der Waals surface area contributed by atoms with Crippen LogP contribution in [0.15, 0.2) is 71.5 Å². The minimum absolute atomic E-state index is 0.0105. The van der Waals surface area contributed by atoms with Crippen molar-refractivity contribution in [1.82, 2.24) is 29.6 Å². The average molecular weight is 837 g/mol. The maximum atomic E-state index is 14.8. The Bertz CT molecular complexity index is 2680. The number of carboxylic acid groups (broad SMARTS) is 1. The normalized spacial score (nSPS) is 16.4. The number of carbonyl (C=O) groups is 1. The molecule has 4 heterocycles. The summed E-state index contributed by atoms with van der Waals surface area (Å²) in [5.41, 5.74) is 0.449. The van der Waals surface area contributed by atoms with E-state index in [0.717, 1.165) is 22.3 Å². The second-order valence-corrected chi connectivity index (χ2v) is 16.3. The highest BCUT2D eigenvalue weighted by atomic mass is 35.5. The summed E-state index contributed by atoms with van der Waals surface area (Å²) in [7, 11) is -0.950. The topological polar surface area (TPSA) is 183 Å². The number of methoxy groups -OCH3 is 1. The van der Waals surface area contributed by atoms with Crippen LogP contribution < -0.4 is 25.2 Å². The maximum absolute atomic E-state index is 14.8. The van der Waals surface area contributed by atoms with Crippen molar-refractivity contribution in [2.45, 2.75) is 44.9 Å². The number of rotatable bonds is 12. The van der Waals surface area contributed by atoms with E-state index in [-0.39, 0.29) is 80.7 Å². The number of fused-ring (bicyclic) bond motifs is 2. The number of sulfonamides is 1. The standard InChI is InChI=1S/C39H39ClF2N8O7S/c1-21-19-49(20-22(2)57-21)32-12-9-28-35(44-32)45-37(30(43-39(52)53)17-24-15-25(41)18-26(42)16-24)50(38(28)51)31-11-10-29(40)33-34(31)48(3)46-36(33)47-58(54,55)14-13-23-5-7-27(56-4)8-6-23/h5-12,15-16,18,21-22,30,43H,13-14,17,19-20H2,1-4H3,(H,46,47)(H,52,53)/t21-,22+,30-/m0/s1. The number of anilines is 2. The molecule has 0 saturated carbocycles. The summed E-state index contributed by atoms with van der Waals surface area (Å²) in [6.07, 6.45) is -1.88. The van der Waals surface area contributed by atoms with E-state index in [9.17, 15) is 31.9 Å². The third-order valence-electron chi connectivity index (χ3n) is 9.69. The largest absolute Gasteiger partial charge is 0.497 e. The van der Waals surface area contributed by atoms with Gasteiger partial charge >= 0.3 is 6.09 Å². The first-order valence-electron chi connectivity index (χ1n) is 18.2. The van der Waals surface area contributed by atoms with Gasteiger partial charge in [0.1, 0.15) is 29.0 Å². The van der Waals surface area contributed by atoms with Gasteiger partial charge in [-0.1, -0.05) is 23.7 Å². The molecule has 3 atom stereocenters. The molecule has 1 amide bonds. The molecule has 1 aliphatic rings. The van der Waals surface area contributed by atoms with E-state index in [1.54, 1.807) is 36.4 Å². The van der Waals surface area contributed by atoms with Crippen LogP contribution in [0.2, 0.25) is 5.02 Å². The molecule has 0 radical (unpaired) electrons. The third-order valence-corrected chi connectivity index (χ3v) is 11.2. The Kier molecular flexibility index (Phi) is 11.3. The van der Waals surface area contributed by atoms with Gasteiger partial charge in [0.25, 0.3) is 5.56 Å². The Labute approximate surface area is 336 Å². The lowest BCUT2D eigenvalue weighted by Gasteiger charge is -2.36. The fourth-order valence-corrected chi connectivity index (χ4v) is 8.54. The minimum atomic E-state index is -4.01. The number of morpholine rings is 1. The minimum Gasteiger partial charge on any atom is -0.497 e. The number of aromatic nitrogens is 5. The first-order valence-corrected chi connectivity index (χ1v) is 20.2. The number of amides is 1. The lowest BCUT2D eigenvalue weighted by atomic mass is 10.0. The fraction of sp³-hybridized carbons (Fsp3) is 0.308. The number of ether oxygens (including phenoxy) is 2. The van der Waals surface area contributed by atoms with Gasteiger partial charge in [-0.3, -0.25) is 18.8 Å². The number of benzene rings is 3. The van der Waals surface area contributed by atoms with Gasteiger partial charge in [0.05, 0.1) is 58.1 Å². The third kappa shape index (κ3) is 8.53. The van der Waals surface area contributed by atoms with E-state index in [4.69, 9.17) is 31.0 Å². The molecule has 0 spiro atoms. The van der Waals surface area contributed by atoms with Crippen LogP contribution in [0.1, 0.15) is 36.8 Å². The number of hydrogen-bond donors (Lipinski definition) is 3. The van der Waals surface area contributed by atoms with Crippen molar-refractivity contribution in [2.75, 3.05) is 35.6 Å². The van der Waals surface area contributed by atoms with Crippen molar-refractivity contribution in [2.24, 2.45) is 7.05 Å². The molecule has 3 aromatic carbocycles. The van der Waals surface area contributed by atoms with Crippen LogP contribution in [-0.2, 0) is 34.6 Å². The van der Waals surface area contributed by atoms with Crippen LogP contribution in [0.5, 0.6) is 5.75 Å². The van der Waals surface area contributed by atoms with E-state index in [1.165, 1.54) is 31.0 Å². The van der Waals surface area contributed by atoms with Gasteiger partial charge < -0.3 is 24.8 Å². The van der Waals surface area contributed by atoms with Crippen LogP contribution in [0.25, 0.3) is 27.6 Å². The summed E-state index contributed by atoms with van der Waals surface area (Å²) in [5.74, 6) is -1.23. The molecule has 15 nitrogen and oxygen atoms in total. The molecule has 6 aromatic rings. The molecular weight excluding hydrogens is 798 g/mol. The van der Waals surface area contributed by atoms with Gasteiger partial charge in [-0.05, 0) is 79.9 Å². The van der Waals surface area contributed by atoms with E-state index in [2.05, 4.69) is 15.1 Å². The van der Waals surface area contributed by atoms with Gasteiger partial charge in [0, 0.05) is 32.6 Å². The van der Waals surface area contributed by atoms with Gasteiger partial charge in [-0.15, -0.1) is 0 Å². The summed E-state index contributed by atoms with van der Waals surface area (Å²) in [4.78, 5) is 38.7. The number of nitrogens with one attached hydrogen (secondary N) is 2. The average Bonchev–Trinajstić information content (AvgIpc) is 3.48. The second kappa shape index (κ2) is 16.2. The Hall–Kier alpha value is -5.85. The summed E-state index contributed by atoms with van der Waals surface area (Å²) < 4.78 is 71.8. The fourth-order valence-electron chi connectivity index (χ4n) is 7.25. The first-order chi connectivity index (χ1) is 27.6. The van der Waals surface area contributed by atoms with Crippen molar-refractivity contribution in [1.29, 1.82) is 0 Å². The zero-order valence-corrected chi connectivity index (χ0v) is 33.3. The SMILES string of the molecule is COc1ccc(CCS(=O)(=O)Nc2nn(C)c3c(-n4c([C@H](Cc5cc(F)cc(F)c5)NC(=O)O)nc5nc(N6C[C@@H](C)O[C@@H](C)C6)ccc5c4=O)ccc(Cl)c23)cc1. The Balaban J connectivity index is 1.38. The quantitative estimate of drug-likeness (QED) is 0.136. The van der Waals surface area contributed by atoms with E-state index in [1.807, 2.05) is 18.7 Å². The van der Waals surface area contributed by atoms with Crippen molar-refractivity contribution in [3.8, 4) is 11.4 Å². The van der Waals surface area contributed by atoms with Crippen molar-refractivity contribution in [3.05, 3.63) is 111 Å². The monoisotopic (exact) mass is 836 g/mol. The zero-order chi connectivity index (χ0) is 41.5. The summed E-state index contributed by atoms with van der Waals surface area (Å²) in [6.45, 7) is 4.89. The number of pyridine rings is 1. The van der Waals surface area contributed by atoms with Gasteiger partial charge in [-0.2, -0.15) is 5.10 Å². The van der Waals surface area contributed by atoms with Gasteiger partial charge in [0.15, 0.2) is 11.5 Å². The predicted molar refractivity (Wildman–Crippen MR) is 215 cm³/mol. The van der Waals surface area contributed by atoms with Crippen LogP contribution in [0.3, 0.4) is 0 Å². The number of nitrogens with zero attached hydrogens (tertiary/aromatic N) is 6. The molecule has 19 heteroatoms. The predicted octanol–water partition coefficient (Wildman–Crippen LogP) is 5.76. The van der Waals surface area contributed by atoms with Crippen LogP contribution >= 0.6 is 11.6 Å². The van der Waals surface area contributed by atoms with Crippen molar-refractivity contribution in [3.63, 3.8) is 0 Å². The summed E-state index contributed by atoms with van der Waals surface area (Å²) in [5, 5.41) is 17.2. The molecular formula is C39H39ClF2N8O7S. The first kappa shape index (κ1) is 40.4. The second-order valence-electron chi connectivity index (χ2n) is 14.1. The van der Waals surface area contributed by atoms with E-state index in [0.29, 0.717) is 30.7 Å². The highest BCUT2D eigenvalue weighted by molar-refractivity contribution is 7.92. The molecule has 7 rings (SSSR count). The smallest absolute Gasteiger partial charge is 0.405 e. The summed E-state index contributed by atoms with van der Waals surface area (Å²) in [6, 6.07) is 14.6. The highest BCUT2D eigenvalue weighted by Gasteiger charge is 2.29. The van der Waals surface area contributed by atoms with Crippen molar-refractivity contribution < 1.29 is 36.6 Å². The van der Waals surface area contributed by atoms with Crippen LogP contribution in [0, 0.1) is 11.6 Å². The number of halogens is 3. The lowest BCUT2D eigenvalue weighted by molar-refractivity contribution is -0.00544. The number of aryl methyl sites for hydroxylation is 2. The molecule has 58 heavy (non-hydrogen) atoms. The van der Waals surface area contributed by atoms with Gasteiger partial charge in [-0.25, -0.2) is 32.0 Å². The molecule has 1 saturated heterocycles. The van der Waals surface area contributed by atoms with Gasteiger partial charge in [0.2, 0.25) is 10.0 Å². The lowest BCUT2D eigenvalue weighted by Crippen LogP contribution is -2.45. The molecule has 3 aromatic heterocycles. The number of hydrogen-bond acceptors (Lipinski definition) is 10. The van der Waals surface area contributed by atoms with E-state index < -0.39 is 39.4 Å². The zero-order valence-electron chi connectivity index (χ0n) is 31.7. The van der Waals surface area contributed by atoms with Crippen LogP contribution in [-0.4, -0.2) is 82.1 Å². The summed E-state index contributed by atoms with van der Waals surface area (Å²) >= 11 is 6.73. The molecule has 1 fully saturated rings. The molecule has 0 bridgehead atoms. The molecule has 1 aliphatic heterocycles. The molecule has 3 N–H and O–H groups in total. The van der Waals surface area contributed by atoms with Crippen LogP contribution in [0.4, 0.5) is 25.2 Å². The Morgan fingerprint density at radius 3 is 2.36 bits per heavy atom. The van der Waals surface area contributed by atoms with E-state index >= 15 is 0 Å². The maximum Gasteiger partial charge on any atom is 0.405 e. The highest BCUT2D eigenvalue weighted by Crippen LogP contribution is 2.36. The molecule has 0 aliphatic carbocycles.